The van der Waals surface area contributed by atoms with Crippen LogP contribution in [0, 0.1) is 0 Å². The number of aryl methyl sites for hydroxylation is 1. The van der Waals surface area contributed by atoms with E-state index in [0.29, 0.717) is 0 Å². The molecular weight excluding hydrogens is 444 g/mol. The average molecular weight is 475 g/mol. The molecule has 0 amide bonds. The monoisotopic (exact) mass is 474 g/mol. The van der Waals surface area contributed by atoms with E-state index in [1.807, 2.05) is 12.3 Å². The van der Waals surface area contributed by atoms with Gasteiger partial charge in [0.15, 0.2) is 5.16 Å². The lowest BCUT2D eigenvalue weighted by Gasteiger charge is -2.35. The van der Waals surface area contributed by atoms with Crippen molar-refractivity contribution in [2.24, 2.45) is 0 Å². The van der Waals surface area contributed by atoms with E-state index in [0.717, 1.165) is 67.1 Å². The molecule has 4 heterocycles. The quantitative estimate of drug-likeness (QED) is 0.422. The lowest BCUT2D eigenvalue weighted by atomic mass is 10.0. The first-order valence-electron chi connectivity index (χ1n) is 12.1. The van der Waals surface area contributed by atoms with E-state index >= 15 is 0 Å². The normalized spacial score (nSPS) is 18.1. The van der Waals surface area contributed by atoms with E-state index in [-0.39, 0.29) is 0 Å². The van der Waals surface area contributed by atoms with Crippen LogP contribution < -0.4 is 20.0 Å². The van der Waals surface area contributed by atoms with Crippen molar-refractivity contribution < 1.29 is 0 Å². The van der Waals surface area contributed by atoms with Crippen LogP contribution in [-0.4, -0.2) is 65.0 Å². The first-order chi connectivity index (χ1) is 16.8. The highest BCUT2D eigenvalue weighted by Gasteiger charge is 2.32. The molecule has 2 fully saturated rings. The van der Waals surface area contributed by atoms with Crippen LogP contribution in [-0.2, 0) is 6.42 Å². The Labute approximate surface area is 204 Å². The Bertz CT molecular complexity index is 1140. The van der Waals surface area contributed by atoms with Gasteiger partial charge in [0.05, 0.1) is 0 Å². The molecule has 9 heteroatoms. The third kappa shape index (κ3) is 4.49. The second-order valence-electron chi connectivity index (χ2n) is 9.12. The Hall–Kier alpha value is -3.07. The van der Waals surface area contributed by atoms with E-state index in [2.05, 4.69) is 54.2 Å². The number of aromatic nitrogens is 4. The maximum Gasteiger partial charge on any atom is 0.225 e. The van der Waals surface area contributed by atoms with Crippen molar-refractivity contribution in [3.63, 3.8) is 0 Å². The molecule has 176 valence electrons. The second-order valence-corrected chi connectivity index (χ2v) is 9.89. The van der Waals surface area contributed by atoms with E-state index in [4.69, 9.17) is 9.97 Å². The first-order valence-corrected chi connectivity index (χ1v) is 13.4. The summed E-state index contributed by atoms with van der Waals surface area (Å²) >= 11 is 1.58. The molecule has 1 saturated heterocycles. The zero-order valence-corrected chi connectivity index (χ0v) is 20.3. The molecule has 34 heavy (non-hydrogen) atoms. The van der Waals surface area contributed by atoms with E-state index < -0.39 is 0 Å². The molecule has 0 spiro atoms. The topological polar surface area (TPSA) is 73.3 Å². The van der Waals surface area contributed by atoms with Gasteiger partial charge in [-0.25, -0.2) is 19.9 Å². The standard InChI is InChI=1S/C25H30N8S/c1-34-25-29-22(28-19-5-8-21-18(16-19)4-2-11-33(21)20-6-7-20)17-23(30-25)31-12-14-32(15-13-31)24-26-9-3-10-27-24/h3,5,8-10,16-17,20H,2,4,6-7,11-15H2,1H3,(H,28,29,30). The molecule has 1 aromatic carbocycles. The molecule has 3 aromatic rings. The highest BCUT2D eigenvalue weighted by atomic mass is 32.2. The number of piperazine rings is 1. The van der Waals surface area contributed by atoms with Crippen LogP contribution in [0.3, 0.4) is 0 Å². The van der Waals surface area contributed by atoms with Crippen LogP contribution in [0.25, 0.3) is 0 Å². The van der Waals surface area contributed by atoms with Crippen molar-refractivity contribution in [3.05, 3.63) is 48.3 Å². The van der Waals surface area contributed by atoms with Gasteiger partial charge in [-0.2, -0.15) is 0 Å². The average Bonchev–Trinajstić information content (AvgIpc) is 3.74. The molecule has 1 saturated carbocycles. The number of benzene rings is 1. The van der Waals surface area contributed by atoms with Gasteiger partial charge in [-0.15, -0.1) is 0 Å². The van der Waals surface area contributed by atoms with Gasteiger partial charge in [0, 0.05) is 68.6 Å². The van der Waals surface area contributed by atoms with Crippen molar-refractivity contribution in [3.8, 4) is 0 Å². The summed E-state index contributed by atoms with van der Waals surface area (Å²) in [4.78, 5) is 25.5. The Morgan fingerprint density at radius 1 is 0.941 bits per heavy atom. The third-order valence-corrected chi connectivity index (χ3v) is 7.36. The predicted molar refractivity (Wildman–Crippen MR) is 139 cm³/mol. The van der Waals surface area contributed by atoms with E-state index in [1.54, 1.807) is 24.2 Å². The minimum Gasteiger partial charge on any atom is -0.368 e. The minimum absolute atomic E-state index is 0.764. The van der Waals surface area contributed by atoms with Crippen molar-refractivity contribution >= 4 is 40.7 Å². The molecule has 0 radical (unpaired) electrons. The lowest BCUT2D eigenvalue weighted by molar-refractivity contribution is 0.631. The molecule has 0 unspecified atom stereocenters. The van der Waals surface area contributed by atoms with Crippen molar-refractivity contribution in [2.45, 2.75) is 36.9 Å². The Kier molecular flexibility index (Phi) is 5.86. The number of nitrogens with one attached hydrogen (secondary N) is 1. The van der Waals surface area contributed by atoms with Gasteiger partial charge in [0.25, 0.3) is 0 Å². The molecule has 2 aliphatic heterocycles. The SMILES string of the molecule is CSc1nc(Nc2ccc3c(c2)CCCN3C2CC2)cc(N2CCN(c3ncccn3)CC2)n1. The summed E-state index contributed by atoms with van der Waals surface area (Å²) < 4.78 is 0. The van der Waals surface area contributed by atoms with Gasteiger partial charge in [0.1, 0.15) is 11.6 Å². The fourth-order valence-electron chi connectivity index (χ4n) is 4.94. The number of hydrogen-bond acceptors (Lipinski definition) is 9. The molecule has 3 aliphatic rings. The number of thioether (sulfide) groups is 1. The number of hydrogen-bond donors (Lipinski definition) is 1. The second kappa shape index (κ2) is 9.29. The van der Waals surface area contributed by atoms with Gasteiger partial charge in [-0.05, 0) is 61.8 Å². The van der Waals surface area contributed by atoms with Crippen LogP contribution in [0.2, 0.25) is 0 Å². The van der Waals surface area contributed by atoms with Gasteiger partial charge in [-0.3, -0.25) is 0 Å². The molecule has 2 aromatic heterocycles. The molecule has 6 rings (SSSR count). The summed E-state index contributed by atoms with van der Waals surface area (Å²) in [5.74, 6) is 2.61. The summed E-state index contributed by atoms with van der Waals surface area (Å²) in [5, 5.41) is 4.35. The highest BCUT2D eigenvalue weighted by molar-refractivity contribution is 7.98. The Balaban J connectivity index is 1.18. The van der Waals surface area contributed by atoms with Gasteiger partial charge in [-0.1, -0.05) is 11.8 Å². The molecule has 1 aliphatic carbocycles. The maximum absolute atomic E-state index is 4.80. The fraction of sp³-hybridized carbons (Fsp3) is 0.440. The molecule has 0 atom stereocenters. The van der Waals surface area contributed by atoms with Crippen LogP contribution in [0.15, 0.2) is 47.9 Å². The van der Waals surface area contributed by atoms with Crippen LogP contribution in [0.4, 0.5) is 29.0 Å². The first kappa shape index (κ1) is 21.5. The Morgan fingerprint density at radius 3 is 2.50 bits per heavy atom. The lowest BCUT2D eigenvalue weighted by Crippen LogP contribution is -2.47. The van der Waals surface area contributed by atoms with E-state index in [9.17, 15) is 0 Å². The summed E-state index contributed by atoms with van der Waals surface area (Å²) in [5.41, 5.74) is 3.97. The van der Waals surface area contributed by atoms with Crippen molar-refractivity contribution in [1.29, 1.82) is 0 Å². The minimum atomic E-state index is 0.764. The summed E-state index contributed by atoms with van der Waals surface area (Å²) in [6, 6.07) is 11.5. The Morgan fingerprint density at radius 2 is 1.74 bits per heavy atom. The fourth-order valence-corrected chi connectivity index (χ4v) is 5.31. The molecule has 8 nitrogen and oxygen atoms in total. The zero-order valence-electron chi connectivity index (χ0n) is 19.5. The number of fused-ring (bicyclic) bond motifs is 1. The number of rotatable bonds is 6. The summed E-state index contributed by atoms with van der Waals surface area (Å²) in [7, 11) is 0. The molecular formula is C25H30N8S. The third-order valence-electron chi connectivity index (χ3n) is 6.81. The number of nitrogens with zero attached hydrogens (tertiary/aromatic N) is 7. The molecule has 1 N–H and O–H groups in total. The van der Waals surface area contributed by atoms with Gasteiger partial charge >= 0.3 is 0 Å². The van der Waals surface area contributed by atoms with Gasteiger partial charge in [0.2, 0.25) is 5.95 Å². The van der Waals surface area contributed by atoms with Crippen LogP contribution in [0.5, 0.6) is 0 Å². The largest absolute Gasteiger partial charge is 0.368 e. The van der Waals surface area contributed by atoms with E-state index in [1.165, 1.54) is 37.1 Å². The van der Waals surface area contributed by atoms with Crippen LogP contribution >= 0.6 is 11.8 Å². The van der Waals surface area contributed by atoms with Crippen molar-refractivity contribution in [1.82, 2.24) is 19.9 Å². The van der Waals surface area contributed by atoms with Crippen LogP contribution in [0.1, 0.15) is 24.8 Å². The number of anilines is 5. The summed E-state index contributed by atoms with van der Waals surface area (Å²) in [6.07, 6.45) is 10.7. The predicted octanol–water partition coefficient (Wildman–Crippen LogP) is 3.97. The highest BCUT2D eigenvalue weighted by Crippen LogP contribution is 2.38. The smallest absolute Gasteiger partial charge is 0.225 e. The zero-order chi connectivity index (χ0) is 22.9. The molecule has 0 bridgehead atoms. The van der Waals surface area contributed by atoms with Crippen molar-refractivity contribution in [2.75, 3.05) is 59.0 Å². The maximum atomic E-state index is 4.80. The summed E-state index contributed by atoms with van der Waals surface area (Å²) in [6.45, 7) is 4.68. The van der Waals surface area contributed by atoms with Gasteiger partial charge < -0.3 is 20.0 Å².